The predicted octanol–water partition coefficient (Wildman–Crippen LogP) is 3.53. The lowest BCUT2D eigenvalue weighted by Crippen LogP contribution is -2.38. The Bertz CT molecular complexity index is 1030. The van der Waals surface area contributed by atoms with Gasteiger partial charge in [0.1, 0.15) is 0 Å². The van der Waals surface area contributed by atoms with Gasteiger partial charge in [0.15, 0.2) is 6.10 Å². The minimum absolute atomic E-state index is 0.145. The van der Waals surface area contributed by atoms with Crippen LogP contribution in [0.25, 0.3) is 0 Å². The summed E-state index contributed by atoms with van der Waals surface area (Å²) in [5.41, 5.74) is 1.13. The molecule has 2 unspecified atom stereocenters. The molecule has 0 bridgehead atoms. The Kier molecular flexibility index (Phi) is 7.69. The topological polar surface area (TPSA) is 92.8 Å². The van der Waals surface area contributed by atoms with Gasteiger partial charge in [-0.05, 0) is 62.4 Å². The van der Waals surface area contributed by atoms with Crippen molar-refractivity contribution >= 4 is 21.9 Å². The molecule has 1 saturated heterocycles. The van der Waals surface area contributed by atoms with E-state index in [1.165, 1.54) is 35.5 Å². The van der Waals surface area contributed by atoms with Crippen LogP contribution in [-0.4, -0.2) is 43.8 Å². The molecule has 1 aliphatic heterocycles. The highest BCUT2D eigenvalue weighted by atomic mass is 32.2. The summed E-state index contributed by atoms with van der Waals surface area (Å²) in [7, 11) is -3.59. The van der Waals surface area contributed by atoms with Crippen molar-refractivity contribution in [1.82, 2.24) is 9.62 Å². The van der Waals surface area contributed by atoms with Crippen LogP contribution < -0.4 is 5.32 Å². The molecule has 1 aliphatic rings. The molecule has 0 aromatic heterocycles. The molecule has 2 aromatic rings. The van der Waals surface area contributed by atoms with Crippen LogP contribution in [-0.2, 0) is 19.6 Å². The number of sulfonamides is 1. The van der Waals surface area contributed by atoms with E-state index in [0.717, 1.165) is 18.4 Å². The van der Waals surface area contributed by atoms with Crippen LogP contribution in [0, 0.1) is 5.92 Å². The molecule has 7 nitrogen and oxygen atoms in total. The summed E-state index contributed by atoms with van der Waals surface area (Å²) in [5, 5.41) is 2.82. The van der Waals surface area contributed by atoms with Crippen LogP contribution in [0.4, 0.5) is 0 Å². The van der Waals surface area contributed by atoms with Gasteiger partial charge < -0.3 is 10.1 Å². The van der Waals surface area contributed by atoms with E-state index >= 15 is 0 Å². The zero-order chi connectivity index (χ0) is 23.3. The third-order valence-corrected chi connectivity index (χ3v) is 7.69. The fourth-order valence-electron chi connectivity index (χ4n) is 3.58. The summed E-state index contributed by atoms with van der Waals surface area (Å²) in [6, 6.07) is 14.9. The highest BCUT2D eigenvalue weighted by Gasteiger charge is 2.28. The second-order valence-electron chi connectivity index (χ2n) is 8.30. The highest BCUT2D eigenvalue weighted by molar-refractivity contribution is 7.89. The van der Waals surface area contributed by atoms with Crippen LogP contribution in [0.1, 0.15) is 55.6 Å². The van der Waals surface area contributed by atoms with E-state index in [-0.39, 0.29) is 16.5 Å². The van der Waals surface area contributed by atoms with Gasteiger partial charge in [-0.15, -0.1) is 0 Å². The number of amides is 1. The van der Waals surface area contributed by atoms with Gasteiger partial charge in [-0.1, -0.05) is 37.3 Å². The number of nitrogens with one attached hydrogen (secondary N) is 1. The number of esters is 1. The molecule has 3 rings (SSSR count). The number of benzene rings is 2. The number of carbonyl (C=O) groups is 2. The van der Waals surface area contributed by atoms with Crippen LogP contribution >= 0.6 is 0 Å². The van der Waals surface area contributed by atoms with Gasteiger partial charge in [0.2, 0.25) is 10.0 Å². The normalized spacial score (nSPS) is 17.3. The molecule has 2 aromatic carbocycles. The molecule has 0 saturated carbocycles. The zero-order valence-electron chi connectivity index (χ0n) is 18.7. The van der Waals surface area contributed by atoms with E-state index in [2.05, 4.69) is 12.2 Å². The average molecular weight is 459 g/mol. The lowest BCUT2D eigenvalue weighted by Gasteiger charge is -2.29. The Hall–Kier alpha value is -2.71. The Morgan fingerprint density at radius 2 is 1.59 bits per heavy atom. The summed E-state index contributed by atoms with van der Waals surface area (Å²) in [6.07, 6.45) is 0.686. The number of carbonyl (C=O) groups excluding carboxylic acids is 2. The first kappa shape index (κ1) is 23.9. The molecular weight excluding hydrogens is 428 g/mol. The second-order valence-corrected chi connectivity index (χ2v) is 10.2. The smallest absolute Gasteiger partial charge is 0.338 e. The van der Waals surface area contributed by atoms with Gasteiger partial charge in [-0.3, -0.25) is 4.79 Å². The summed E-state index contributed by atoms with van der Waals surface area (Å²) in [4.78, 5) is 25.0. The SMILES string of the molecule is CC1CCN(S(=O)(=O)c2ccc(C(=O)OC(C)C(=O)NC(C)c3ccccc3)cc2)CC1. The average Bonchev–Trinajstić information content (AvgIpc) is 2.79. The summed E-state index contributed by atoms with van der Waals surface area (Å²) in [5.74, 6) is -0.572. The molecule has 0 spiro atoms. The number of rotatable bonds is 7. The largest absolute Gasteiger partial charge is 0.449 e. The van der Waals surface area contributed by atoms with Gasteiger partial charge >= 0.3 is 5.97 Å². The molecule has 0 radical (unpaired) electrons. The first-order chi connectivity index (χ1) is 15.2. The van der Waals surface area contributed by atoms with Crippen molar-refractivity contribution < 1.29 is 22.7 Å². The number of hydrogen-bond donors (Lipinski definition) is 1. The molecular formula is C24H30N2O5S. The van der Waals surface area contributed by atoms with E-state index in [9.17, 15) is 18.0 Å². The summed E-state index contributed by atoms with van der Waals surface area (Å²) < 4.78 is 32.4. The molecule has 0 aliphatic carbocycles. The molecule has 1 amide bonds. The second kappa shape index (κ2) is 10.3. The lowest BCUT2D eigenvalue weighted by molar-refractivity contribution is -0.129. The monoisotopic (exact) mass is 458 g/mol. The summed E-state index contributed by atoms with van der Waals surface area (Å²) in [6.45, 7) is 6.47. The molecule has 1 fully saturated rings. The third-order valence-electron chi connectivity index (χ3n) is 5.78. The van der Waals surface area contributed by atoms with Crippen molar-refractivity contribution in [3.63, 3.8) is 0 Å². The Morgan fingerprint density at radius 1 is 1.00 bits per heavy atom. The maximum atomic E-state index is 12.8. The lowest BCUT2D eigenvalue weighted by atomic mass is 10.0. The van der Waals surface area contributed by atoms with E-state index in [1.807, 2.05) is 37.3 Å². The molecule has 172 valence electrons. The Morgan fingerprint density at radius 3 is 2.19 bits per heavy atom. The van der Waals surface area contributed by atoms with Crippen molar-refractivity contribution in [3.05, 3.63) is 65.7 Å². The van der Waals surface area contributed by atoms with Gasteiger partial charge in [-0.25, -0.2) is 13.2 Å². The standard InChI is InChI=1S/C24H30N2O5S/c1-17-13-15-26(16-14-17)32(29,30)22-11-9-21(10-12-22)24(28)31-19(3)23(27)25-18(2)20-7-5-4-6-8-20/h4-12,17-19H,13-16H2,1-3H3,(H,25,27). The minimum Gasteiger partial charge on any atom is -0.449 e. The number of hydrogen-bond acceptors (Lipinski definition) is 5. The van der Waals surface area contributed by atoms with Crippen molar-refractivity contribution in [2.24, 2.45) is 5.92 Å². The third kappa shape index (κ3) is 5.75. The van der Waals surface area contributed by atoms with Crippen LogP contribution in [0.2, 0.25) is 0 Å². The van der Waals surface area contributed by atoms with Crippen LogP contribution in [0.15, 0.2) is 59.5 Å². The number of ether oxygens (including phenoxy) is 1. The fraction of sp³-hybridized carbons (Fsp3) is 0.417. The Balaban J connectivity index is 1.58. The summed E-state index contributed by atoms with van der Waals surface area (Å²) >= 11 is 0. The van der Waals surface area contributed by atoms with Crippen LogP contribution in [0.3, 0.4) is 0 Å². The quantitative estimate of drug-likeness (QED) is 0.641. The maximum Gasteiger partial charge on any atom is 0.338 e. The molecule has 8 heteroatoms. The van der Waals surface area contributed by atoms with E-state index in [1.54, 1.807) is 0 Å². The molecule has 1 heterocycles. The number of piperidine rings is 1. The molecule has 2 atom stereocenters. The highest BCUT2D eigenvalue weighted by Crippen LogP contribution is 2.24. The van der Waals surface area contributed by atoms with Crippen molar-refractivity contribution in [2.75, 3.05) is 13.1 Å². The van der Waals surface area contributed by atoms with Gasteiger partial charge in [0.05, 0.1) is 16.5 Å². The molecule has 32 heavy (non-hydrogen) atoms. The maximum absolute atomic E-state index is 12.8. The molecule has 1 N–H and O–H groups in total. The Labute approximate surface area is 189 Å². The van der Waals surface area contributed by atoms with Gasteiger partial charge in [0, 0.05) is 13.1 Å². The number of nitrogens with zero attached hydrogens (tertiary/aromatic N) is 1. The zero-order valence-corrected chi connectivity index (χ0v) is 19.5. The predicted molar refractivity (Wildman–Crippen MR) is 121 cm³/mol. The van der Waals surface area contributed by atoms with Gasteiger partial charge in [-0.2, -0.15) is 4.31 Å². The van der Waals surface area contributed by atoms with E-state index in [0.29, 0.717) is 19.0 Å². The van der Waals surface area contributed by atoms with Crippen LogP contribution in [0.5, 0.6) is 0 Å². The first-order valence-electron chi connectivity index (χ1n) is 10.8. The fourth-order valence-corrected chi connectivity index (χ4v) is 5.04. The van der Waals surface area contributed by atoms with E-state index < -0.39 is 28.0 Å². The van der Waals surface area contributed by atoms with Crippen molar-refractivity contribution in [1.29, 1.82) is 0 Å². The van der Waals surface area contributed by atoms with E-state index in [4.69, 9.17) is 4.74 Å². The van der Waals surface area contributed by atoms with Gasteiger partial charge in [0.25, 0.3) is 5.91 Å². The van der Waals surface area contributed by atoms with Crippen molar-refractivity contribution in [2.45, 2.75) is 50.7 Å². The first-order valence-corrected chi connectivity index (χ1v) is 12.3. The van der Waals surface area contributed by atoms with Crippen molar-refractivity contribution in [3.8, 4) is 0 Å². The minimum atomic E-state index is -3.59.